The van der Waals surface area contributed by atoms with Gasteiger partial charge in [0.1, 0.15) is 10.8 Å². The Morgan fingerprint density at radius 3 is 3.07 bits per heavy atom. The zero-order chi connectivity index (χ0) is 10.8. The zero-order valence-corrected chi connectivity index (χ0v) is 9.00. The van der Waals surface area contributed by atoms with E-state index in [4.69, 9.17) is 10.5 Å². The topological polar surface area (TPSA) is 65.2 Å². The van der Waals surface area contributed by atoms with Crippen molar-refractivity contribution in [2.24, 2.45) is 5.73 Å². The number of thiazole rings is 1. The summed E-state index contributed by atoms with van der Waals surface area (Å²) < 4.78 is 6.11. The van der Waals surface area contributed by atoms with Crippen LogP contribution >= 0.6 is 11.3 Å². The third-order valence-corrected chi connectivity index (χ3v) is 2.98. The zero-order valence-electron chi connectivity index (χ0n) is 8.19. The van der Waals surface area contributed by atoms with Gasteiger partial charge in [-0.3, -0.25) is 4.79 Å². The quantitative estimate of drug-likeness (QED) is 0.852. The van der Waals surface area contributed by atoms with Crippen LogP contribution in [-0.2, 0) is 11.2 Å². The predicted octanol–water partition coefficient (Wildman–Crippen LogP) is 1.33. The highest BCUT2D eigenvalue weighted by atomic mass is 32.1. The van der Waals surface area contributed by atoms with E-state index in [0.29, 0.717) is 0 Å². The standard InChI is InChI=1S/C10H10N2O2S/c1-14-6-2-3-7-8(4-6)15-10(12-7)5-9(11)13/h2-4H,5H2,1H3,(H2,11,13). The van der Waals surface area contributed by atoms with E-state index in [1.54, 1.807) is 7.11 Å². The van der Waals surface area contributed by atoms with Gasteiger partial charge in [-0.15, -0.1) is 11.3 Å². The van der Waals surface area contributed by atoms with Gasteiger partial charge in [0.2, 0.25) is 5.91 Å². The summed E-state index contributed by atoms with van der Waals surface area (Å²) in [7, 11) is 1.62. The lowest BCUT2D eigenvalue weighted by Gasteiger charge is -1.96. The summed E-state index contributed by atoms with van der Waals surface area (Å²) in [6, 6.07) is 5.61. The highest BCUT2D eigenvalue weighted by Crippen LogP contribution is 2.26. The molecule has 0 saturated carbocycles. The Hall–Kier alpha value is -1.62. The number of carbonyl (C=O) groups excluding carboxylic acids is 1. The molecule has 1 heterocycles. The molecule has 0 spiro atoms. The first kappa shape index (κ1) is 9.92. The Bertz CT molecular complexity index is 507. The lowest BCUT2D eigenvalue weighted by atomic mass is 10.3. The number of benzene rings is 1. The number of nitrogens with zero attached hydrogens (tertiary/aromatic N) is 1. The van der Waals surface area contributed by atoms with Crippen molar-refractivity contribution in [1.29, 1.82) is 0 Å². The molecule has 2 N–H and O–H groups in total. The highest BCUT2D eigenvalue weighted by Gasteiger charge is 2.06. The lowest BCUT2D eigenvalue weighted by molar-refractivity contribution is -0.117. The molecule has 2 aromatic rings. The van der Waals surface area contributed by atoms with Crippen LogP contribution in [0.1, 0.15) is 5.01 Å². The molecule has 0 unspecified atom stereocenters. The number of fused-ring (bicyclic) bond motifs is 1. The van der Waals surface area contributed by atoms with E-state index in [-0.39, 0.29) is 12.3 Å². The van der Waals surface area contributed by atoms with Crippen molar-refractivity contribution in [3.05, 3.63) is 23.2 Å². The summed E-state index contributed by atoms with van der Waals surface area (Å²) in [5.74, 6) is 0.429. The maximum absolute atomic E-state index is 10.7. The van der Waals surface area contributed by atoms with Crippen molar-refractivity contribution < 1.29 is 9.53 Å². The summed E-state index contributed by atoms with van der Waals surface area (Å²) in [5.41, 5.74) is 5.98. The van der Waals surface area contributed by atoms with Crippen LogP contribution in [0, 0.1) is 0 Å². The Balaban J connectivity index is 2.42. The van der Waals surface area contributed by atoms with E-state index in [2.05, 4.69) is 4.98 Å². The van der Waals surface area contributed by atoms with Gasteiger partial charge in [-0.25, -0.2) is 4.98 Å². The van der Waals surface area contributed by atoms with Crippen LogP contribution in [0.15, 0.2) is 18.2 Å². The number of hydrogen-bond donors (Lipinski definition) is 1. The van der Waals surface area contributed by atoms with E-state index in [9.17, 15) is 4.79 Å². The number of ether oxygens (including phenoxy) is 1. The number of nitrogens with two attached hydrogens (primary N) is 1. The maximum atomic E-state index is 10.7. The van der Waals surface area contributed by atoms with Gasteiger partial charge in [-0.2, -0.15) is 0 Å². The average molecular weight is 222 g/mol. The molecular weight excluding hydrogens is 212 g/mol. The minimum Gasteiger partial charge on any atom is -0.497 e. The van der Waals surface area contributed by atoms with Gasteiger partial charge in [0.05, 0.1) is 23.7 Å². The number of rotatable bonds is 3. The molecule has 2 rings (SSSR count). The molecule has 15 heavy (non-hydrogen) atoms. The number of methoxy groups -OCH3 is 1. The normalized spacial score (nSPS) is 10.5. The number of aromatic nitrogens is 1. The van der Waals surface area contributed by atoms with Gasteiger partial charge in [0.25, 0.3) is 0 Å². The molecular formula is C10H10N2O2S. The second kappa shape index (κ2) is 3.86. The summed E-state index contributed by atoms with van der Waals surface area (Å²) >= 11 is 1.46. The average Bonchev–Trinajstić information content (AvgIpc) is 2.57. The van der Waals surface area contributed by atoms with Crippen molar-refractivity contribution in [2.45, 2.75) is 6.42 Å². The molecule has 0 fully saturated rings. The van der Waals surface area contributed by atoms with E-state index in [1.165, 1.54) is 11.3 Å². The second-order valence-electron chi connectivity index (χ2n) is 3.08. The molecule has 1 aromatic carbocycles. The van der Waals surface area contributed by atoms with Crippen LogP contribution in [-0.4, -0.2) is 18.0 Å². The monoisotopic (exact) mass is 222 g/mol. The molecule has 5 heteroatoms. The fraction of sp³-hybridized carbons (Fsp3) is 0.200. The smallest absolute Gasteiger partial charge is 0.224 e. The third kappa shape index (κ3) is 2.07. The summed E-state index contributed by atoms with van der Waals surface area (Å²) in [5, 5.41) is 0.741. The van der Waals surface area contributed by atoms with Gasteiger partial charge in [-0.1, -0.05) is 0 Å². The molecule has 1 amide bonds. The fourth-order valence-corrected chi connectivity index (χ4v) is 2.31. The van der Waals surface area contributed by atoms with Crippen LogP contribution < -0.4 is 10.5 Å². The molecule has 0 aliphatic carbocycles. The Morgan fingerprint density at radius 2 is 2.40 bits per heavy atom. The molecule has 0 bridgehead atoms. The van der Waals surface area contributed by atoms with E-state index >= 15 is 0 Å². The minimum absolute atomic E-state index is 0.196. The van der Waals surface area contributed by atoms with Crippen LogP contribution in [0.2, 0.25) is 0 Å². The predicted molar refractivity (Wildman–Crippen MR) is 59.1 cm³/mol. The molecule has 0 aliphatic heterocycles. The van der Waals surface area contributed by atoms with Crippen LogP contribution in [0.4, 0.5) is 0 Å². The van der Waals surface area contributed by atoms with Gasteiger partial charge in [0, 0.05) is 0 Å². The molecule has 0 aliphatic rings. The summed E-state index contributed by atoms with van der Waals surface area (Å²) in [6.45, 7) is 0. The van der Waals surface area contributed by atoms with Gasteiger partial charge in [-0.05, 0) is 18.2 Å². The first-order valence-corrected chi connectivity index (χ1v) is 5.22. The van der Waals surface area contributed by atoms with Crippen LogP contribution in [0.25, 0.3) is 10.2 Å². The van der Waals surface area contributed by atoms with E-state index in [0.717, 1.165) is 21.0 Å². The Morgan fingerprint density at radius 1 is 1.60 bits per heavy atom. The van der Waals surface area contributed by atoms with Gasteiger partial charge < -0.3 is 10.5 Å². The van der Waals surface area contributed by atoms with Crippen molar-refractivity contribution in [1.82, 2.24) is 4.98 Å². The van der Waals surface area contributed by atoms with Crippen molar-refractivity contribution in [2.75, 3.05) is 7.11 Å². The first-order chi connectivity index (χ1) is 7.19. The molecule has 78 valence electrons. The van der Waals surface area contributed by atoms with Crippen molar-refractivity contribution >= 4 is 27.5 Å². The van der Waals surface area contributed by atoms with E-state index in [1.807, 2.05) is 18.2 Å². The highest BCUT2D eigenvalue weighted by molar-refractivity contribution is 7.18. The number of primary amides is 1. The van der Waals surface area contributed by atoms with Gasteiger partial charge >= 0.3 is 0 Å². The number of amides is 1. The molecule has 1 aromatic heterocycles. The van der Waals surface area contributed by atoms with E-state index < -0.39 is 0 Å². The van der Waals surface area contributed by atoms with Crippen LogP contribution in [0.5, 0.6) is 5.75 Å². The maximum Gasteiger partial charge on any atom is 0.224 e. The lowest BCUT2D eigenvalue weighted by Crippen LogP contribution is -2.13. The number of carbonyl (C=O) groups is 1. The molecule has 4 nitrogen and oxygen atoms in total. The summed E-state index contributed by atoms with van der Waals surface area (Å²) in [4.78, 5) is 15.0. The second-order valence-corrected chi connectivity index (χ2v) is 4.20. The minimum atomic E-state index is -0.360. The SMILES string of the molecule is COc1ccc2nc(CC(N)=O)sc2c1. The first-order valence-electron chi connectivity index (χ1n) is 4.41. The third-order valence-electron chi connectivity index (χ3n) is 1.97. The Kier molecular flexibility index (Phi) is 2.55. The Labute approximate surface area is 90.7 Å². The van der Waals surface area contributed by atoms with Crippen LogP contribution in [0.3, 0.4) is 0 Å². The fourth-order valence-electron chi connectivity index (χ4n) is 1.30. The number of hydrogen-bond acceptors (Lipinski definition) is 4. The van der Waals surface area contributed by atoms with Gasteiger partial charge in [0.15, 0.2) is 0 Å². The molecule has 0 radical (unpaired) electrons. The van der Waals surface area contributed by atoms with Crippen molar-refractivity contribution in [3.8, 4) is 5.75 Å². The molecule has 0 atom stereocenters. The largest absolute Gasteiger partial charge is 0.497 e. The van der Waals surface area contributed by atoms with Crippen molar-refractivity contribution in [3.63, 3.8) is 0 Å². The summed E-state index contributed by atoms with van der Waals surface area (Å²) in [6.07, 6.45) is 0.196. The molecule has 0 saturated heterocycles.